The maximum atomic E-state index is 13.2. The Morgan fingerprint density at radius 1 is 1.18 bits per heavy atom. The number of rotatable bonds is 7. The van der Waals surface area contributed by atoms with Gasteiger partial charge >= 0.3 is 5.97 Å². The molecule has 2 aliphatic rings. The molecule has 0 aliphatic carbocycles. The Hall–Kier alpha value is -3.53. The fourth-order valence-electron chi connectivity index (χ4n) is 3.41. The van der Waals surface area contributed by atoms with Gasteiger partial charge in [-0.05, 0) is 36.8 Å². The molecule has 0 saturated heterocycles. The molecule has 0 aromatic heterocycles. The molecule has 33 heavy (non-hydrogen) atoms. The minimum absolute atomic E-state index is 0.00524. The molecule has 8 nitrogen and oxygen atoms in total. The van der Waals surface area contributed by atoms with Gasteiger partial charge in [0.15, 0.2) is 5.17 Å². The van der Waals surface area contributed by atoms with Crippen molar-refractivity contribution in [2.24, 2.45) is 9.98 Å². The Bertz CT molecular complexity index is 1150. The number of hydrogen-bond donors (Lipinski definition) is 1. The van der Waals surface area contributed by atoms with E-state index < -0.39 is 12.0 Å². The van der Waals surface area contributed by atoms with Crippen LogP contribution in [0.1, 0.15) is 24.5 Å². The molecule has 0 unspecified atom stereocenters. The average molecular weight is 469 g/mol. The number of para-hydroxylation sites is 1. The molecule has 1 N–H and O–H groups in total. The van der Waals surface area contributed by atoms with Crippen molar-refractivity contribution in [1.82, 2.24) is 10.2 Å². The molecule has 0 radical (unpaired) electrons. The van der Waals surface area contributed by atoms with Crippen molar-refractivity contribution in [3.8, 4) is 0 Å². The highest BCUT2D eigenvalue weighted by Crippen LogP contribution is 2.34. The predicted octanol–water partition coefficient (Wildman–Crippen LogP) is 2.79. The summed E-state index contributed by atoms with van der Waals surface area (Å²) in [5.74, 6) is -1.10. The Kier molecular flexibility index (Phi) is 6.83. The van der Waals surface area contributed by atoms with Crippen LogP contribution in [-0.2, 0) is 25.7 Å². The normalized spacial score (nSPS) is 16.5. The molecule has 10 heteroatoms. The lowest BCUT2D eigenvalue weighted by molar-refractivity contribution is -0.139. The van der Waals surface area contributed by atoms with Crippen molar-refractivity contribution in [3.63, 3.8) is 0 Å². The van der Waals surface area contributed by atoms with Crippen LogP contribution in [0.3, 0.4) is 0 Å². The van der Waals surface area contributed by atoms with Crippen molar-refractivity contribution in [3.05, 3.63) is 65.5 Å². The first-order valence-corrected chi connectivity index (χ1v) is 11.3. The summed E-state index contributed by atoms with van der Waals surface area (Å²) in [6.07, 6.45) is -0.141. The van der Waals surface area contributed by atoms with Gasteiger partial charge in [0.1, 0.15) is 17.7 Å². The molecule has 170 valence electrons. The number of amides is 2. The minimum Gasteiger partial charge on any atom is -0.465 e. The van der Waals surface area contributed by atoms with Crippen LogP contribution in [0.4, 0.5) is 10.1 Å². The molecule has 0 fully saturated rings. The van der Waals surface area contributed by atoms with Crippen LogP contribution in [0.5, 0.6) is 0 Å². The zero-order chi connectivity index (χ0) is 23.4. The number of esters is 1. The van der Waals surface area contributed by atoms with E-state index in [1.165, 1.54) is 17.0 Å². The zero-order valence-corrected chi connectivity index (χ0v) is 18.6. The van der Waals surface area contributed by atoms with Crippen LogP contribution >= 0.6 is 11.8 Å². The smallest absolute Gasteiger partial charge is 0.316 e. The van der Waals surface area contributed by atoms with Gasteiger partial charge in [-0.15, -0.1) is 0 Å². The number of thioether (sulfide) groups is 1. The number of fused-ring (bicyclic) bond motifs is 3. The van der Waals surface area contributed by atoms with E-state index in [0.29, 0.717) is 22.3 Å². The minimum atomic E-state index is -0.909. The van der Waals surface area contributed by atoms with Gasteiger partial charge in [0.2, 0.25) is 5.91 Å². The van der Waals surface area contributed by atoms with Gasteiger partial charge in [-0.25, -0.2) is 14.3 Å². The standard InChI is InChI=1S/C23H21FN4O4S/c1-2-32-20(30)13-33-23-27-17-6-4-3-5-16(17)21-26-18(22(31)28(21)23)11-19(29)25-12-14-7-9-15(24)10-8-14/h3-10,18H,2,11-13H2,1H3,(H,25,29)/t18-/m1/s1. The number of benzene rings is 2. The van der Waals surface area contributed by atoms with Crippen LogP contribution in [-0.4, -0.2) is 52.1 Å². The number of ether oxygens (including phenoxy) is 1. The Labute approximate surface area is 193 Å². The van der Waals surface area contributed by atoms with E-state index in [-0.39, 0.29) is 43.0 Å². The molecule has 2 heterocycles. The average Bonchev–Trinajstić information content (AvgIpc) is 3.13. The van der Waals surface area contributed by atoms with Gasteiger partial charge in [0, 0.05) is 12.1 Å². The summed E-state index contributed by atoms with van der Waals surface area (Å²) in [5.41, 5.74) is 2.05. The molecular formula is C23H21FN4O4S. The summed E-state index contributed by atoms with van der Waals surface area (Å²) in [4.78, 5) is 47.9. The van der Waals surface area contributed by atoms with E-state index in [0.717, 1.165) is 17.3 Å². The summed E-state index contributed by atoms with van der Waals surface area (Å²) >= 11 is 1.09. The molecule has 4 rings (SSSR count). The van der Waals surface area contributed by atoms with Gasteiger partial charge < -0.3 is 10.1 Å². The SMILES string of the molecule is CCOC(=O)CSC1=Nc2ccccc2C2=N[C@H](CC(=O)NCc3ccc(F)cc3)C(=O)N12. The third-order valence-corrected chi connectivity index (χ3v) is 5.87. The molecule has 0 bridgehead atoms. The lowest BCUT2D eigenvalue weighted by Gasteiger charge is -2.25. The molecule has 0 saturated carbocycles. The summed E-state index contributed by atoms with van der Waals surface area (Å²) in [6.45, 7) is 2.20. The van der Waals surface area contributed by atoms with E-state index in [1.807, 2.05) is 18.2 Å². The van der Waals surface area contributed by atoms with Gasteiger partial charge in [0.25, 0.3) is 5.91 Å². The number of hydrogen-bond acceptors (Lipinski definition) is 7. The van der Waals surface area contributed by atoms with Crippen LogP contribution in [0.25, 0.3) is 0 Å². The monoisotopic (exact) mass is 468 g/mol. The lowest BCUT2D eigenvalue weighted by atomic mass is 10.1. The molecular weight excluding hydrogens is 447 g/mol. The van der Waals surface area contributed by atoms with Crippen molar-refractivity contribution in [2.75, 3.05) is 12.4 Å². The van der Waals surface area contributed by atoms with E-state index in [4.69, 9.17) is 4.74 Å². The molecule has 2 amide bonds. The van der Waals surface area contributed by atoms with Gasteiger partial charge in [-0.1, -0.05) is 36.0 Å². The number of nitrogens with one attached hydrogen (secondary N) is 1. The first kappa shape index (κ1) is 22.7. The number of carbonyl (C=O) groups excluding carboxylic acids is 3. The summed E-state index contributed by atoms with van der Waals surface area (Å²) in [7, 11) is 0. The van der Waals surface area contributed by atoms with Crippen LogP contribution in [0.15, 0.2) is 58.5 Å². The number of amidine groups is 2. The van der Waals surface area contributed by atoms with Gasteiger partial charge in [-0.3, -0.25) is 19.4 Å². The molecule has 2 aliphatic heterocycles. The zero-order valence-electron chi connectivity index (χ0n) is 17.8. The van der Waals surface area contributed by atoms with Gasteiger partial charge in [-0.2, -0.15) is 0 Å². The highest BCUT2D eigenvalue weighted by molar-refractivity contribution is 8.14. The molecule has 2 aromatic rings. The Balaban J connectivity index is 1.48. The van der Waals surface area contributed by atoms with E-state index in [9.17, 15) is 18.8 Å². The first-order chi connectivity index (χ1) is 16.0. The number of aliphatic imine (C=N–C) groups is 2. The summed E-state index contributed by atoms with van der Waals surface area (Å²) in [5, 5.41) is 3.05. The fourth-order valence-corrected chi connectivity index (χ4v) is 4.21. The van der Waals surface area contributed by atoms with E-state index in [2.05, 4.69) is 15.3 Å². The highest BCUT2D eigenvalue weighted by Gasteiger charge is 2.42. The Morgan fingerprint density at radius 2 is 1.94 bits per heavy atom. The Morgan fingerprint density at radius 3 is 2.70 bits per heavy atom. The van der Waals surface area contributed by atoms with Crippen molar-refractivity contribution < 1.29 is 23.5 Å². The predicted molar refractivity (Wildman–Crippen MR) is 123 cm³/mol. The maximum Gasteiger partial charge on any atom is 0.316 e. The van der Waals surface area contributed by atoms with Crippen LogP contribution < -0.4 is 5.32 Å². The first-order valence-electron chi connectivity index (χ1n) is 10.4. The molecule has 2 aromatic carbocycles. The van der Waals surface area contributed by atoms with Crippen molar-refractivity contribution in [1.29, 1.82) is 0 Å². The number of halogens is 1. The van der Waals surface area contributed by atoms with Crippen LogP contribution in [0.2, 0.25) is 0 Å². The maximum absolute atomic E-state index is 13.2. The quantitative estimate of drug-likeness (QED) is 0.630. The third-order valence-electron chi connectivity index (χ3n) is 4.95. The second kappa shape index (κ2) is 9.95. The summed E-state index contributed by atoms with van der Waals surface area (Å²) < 4.78 is 18.0. The molecule has 1 atom stereocenters. The second-order valence-corrected chi connectivity index (χ2v) is 8.20. The van der Waals surface area contributed by atoms with Crippen molar-refractivity contribution in [2.45, 2.75) is 25.9 Å². The highest BCUT2D eigenvalue weighted by atomic mass is 32.2. The topological polar surface area (TPSA) is 100 Å². The summed E-state index contributed by atoms with van der Waals surface area (Å²) in [6, 6.07) is 12.1. The largest absolute Gasteiger partial charge is 0.465 e. The van der Waals surface area contributed by atoms with Crippen LogP contribution in [0, 0.1) is 5.82 Å². The van der Waals surface area contributed by atoms with E-state index in [1.54, 1.807) is 25.1 Å². The van der Waals surface area contributed by atoms with Crippen molar-refractivity contribution >= 4 is 46.2 Å². The van der Waals surface area contributed by atoms with E-state index >= 15 is 0 Å². The lowest BCUT2D eigenvalue weighted by Crippen LogP contribution is -2.42. The second-order valence-electron chi connectivity index (χ2n) is 7.25. The molecule has 0 spiro atoms. The number of carbonyl (C=O) groups is 3. The third kappa shape index (κ3) is 5.11. The fraction of sp³-hybridized carbons (Fsp3) is 0.261. The number of nitrogens with zero attached hydrogens (tertiary/aromatic N) is 3. The van der Waals surface area contributed by atoms with Gasteiger partial charge in [0.05, 0.1) is 24.5 Å².